The lowest BCUT2D eigenvalue weighted by molar-refractivity contribution is 0.424. The van der Waals surface area contributed by atoms with E-state index < -0.39 is 0 Å². The molecule has 2 rings (SSSR count). The first-order valence-electron chi connectivity index (χ1n) is 7.13. The molecule has 1 aromatic rings. The van der Waals surface area contributed by atoms with Crippen LogP contribution < -0.4 is 10.2 Å². The zero-order chi connectivity index (χ0) is 14.0. The molecule has 0 aliphatic carbocycles. The molecule has 0 saturated carbocycles. The summed E-state index contributed by atoms with van der Waals surface area (Å²) in [6.07, 6.45) is 1.31. The Morgan fingerprint density at radius 2 is 2.11 bits per heavy atom. The Morgan fingerprint density at radius 1 is 1.37 bits per heavy atom. The Labute approximate surface area is 125 Å². The van der Waals surface area contributed by atoms with Crippen molar-refractivity contribution in [3.8, 4) is 0 Å². The maximum atomic E-state index is 3.73. The van der Waals surface area contributed by atoms with Crippen LogP contribution in [0.1, 0.15) is 39.7 Å². The second-order valence-electron chi connectivity index (χ2n) is 6.73. The van der Waals surface area contributed by atoms with Crippen LogP contribution in [0.3, 0.4) is 0 Å². The second kappa shape index (κ2) is 5.84. The third-order valence-corrected chi connectivity index (χ3v) is 4.23. The van der Waals surface area contributed by atoms with Crippen molar-refractivity contribution in [1.82, 2.24) is 5.32 Å². The third kappa shape index (κ3) is 4.22. The summed E-state index contributed by atoms with van der Waals surface area (Å²) in [5.74, 6) is 0.814. The van der Waals surface area contributed by atoms with Gasteiger partial charge in [-0.1, -0.05) is 13.0 Å². The molecular weight excluding hydrogens is 300 g/mol. The molecular formula is C16H25BrN2. The van der Waals surface area contributed by atoms with Gasteiger partial charge in [-0.25, -0.2) is 0 Å². The third-order valence-electron chi connectivity index (χ3n) is 3.60. The van der Waals surface area contributed by atoms with E-state index in [1.807, 2.05) is 0 Å². The molecule has 1 atom stereocenters. The summed E-state index contributed by atoms with van der Waals surface area (Å²) < 4.78 is 1.22. The number of halogens is 1. The van der Waals surface area contributed by atoms with Gasteiger partial charge in [0.05, 0.1) is 5.69 Å². The number of nitrogens with zero attached hydrogens (tertiary/aromatic N) is 1. The van der Waals surface area contributed by atoms with Crippen LogP contribution in [-0.2, 0) is 6.54 Å². The number of hydrogen-bond acceptors (Lipinski definition) is 2. The summed E-state index contributed by atoms with van der Waals surface area (Å²) in [5, 5.41) is 3.53. The van der Waals surface area contributed by atoms with Gasteiger partial charge < -0.3 is 10.2 Å². The minimum absolute atomic E-state index is 0.162. The largest absolute Gasteiger partial charge is 0.370 e. The smallest absolute Gasteiger partial charge is 0.0510 e. The predicted octanol–water partition coefficient (Wildman–Crippen LogP) is 4.18. The minimum atomic E-state index is 0.162. The molecule has 1 aromatic carbocycles. The molecule has 0 bridgehead atoms. The molecule has 3 heteroatoms. The highest BCUT2D eigenvalue weighted by Crippen LogP contribution is 2.31. The zero-order valence-electron chi connectivity index (χ0n) is 12.5. The highest BCUT2D eigenvalue weighted by Gasteiger charge is 2.20. The fourth-order valence-corrected chi connectivity index (χ4v) is 3.11. The maximum Gasteiger partial charge on any atom is 0.0510 e. The van der Waals surface area contributed by atoms with Crippen LogP contribution in [0.5, 0.6) is 0 Å². The summed E-state index contributed by atoms with van der Waals surface area (Å²) in [6, 6.07) is 6.74. The lowest BCUT2D eigenvalue weighted by Crippen LogP contribution is -2.35. The molecule has 1 aliphatic heterocycles. The van der Waals surface area contributed by atoms with Crippen molar-refractivity contribution in [3.05, 3.63) is 28.2 Å². The number of benzene rings is 1. The standard InChI is InChI=1S/C16H25BrN2/c1-12-7-8-19(11-12)15-6-5-13(9-14(15)17)10-18-16(2,3)4/h5-6,9,12,18H,7-8,10-11H2,1-4H3. The molecule has 1 aliphatic rings. The van der Waals surface area contributed by atoms with Gasteiger partial charge in [-0.15, -0.1) is 0 Å². The van der Waals surface area contributed by atoms with Gasteiger partial charge in [-0.3, -0.25) is 0 Å². The molecule has 0 radical (unpaired) electrons. The highest BCUT2D eigenvalue weighted by molar-refractivity contribution is 9.10. The van der Waals surface area contributed by atoms with Crippen LogP contribution in [0.4, 0.5) is 5.69 Å². The van der Waals surface area contributed by atoms with Gasteiger partial charge in [-0.05, 0) is 66.7 Å². The van der Waals surface area contributed by atoms with Crippen molar-refractivity contribution >= 4 is 21.6 Å². The van der Waals surface area contributed by atoms with Crippen LogP contribution in [0, 0.1) is 5.92 Å². The van der Waals surface area contributed by atoms with Crippen LogP contribution in [0.2, 0.25) is 0 Å². The average Bonchev–Trinajstić information content (AvgIpc) is 2.72. The summed E-state index contributed by atoms with van der Waals surface area (Å²) in [6.45, 7) is 12.2. The Bertz CT molecular complexity index is 437. The van der Waals surface area contributed by atoms with E-state index in [1.54, 1.807) is 0 Å². The summed E-state index contributed by atoms with van der Waals surface area (Å²) in [7, 11) is 0. The van der Waals surface area contributed by atoms with Crippen LogP contribution in [0.25, 0.3) is 0 Å². The van der Waals surface area contributed by atoms with Crippen LogP contribution >= 0.6 is 15.9 Å². The SMILES string of the molecule is CC1CCN(c2ccc(CNC(C)(C)C)cc2Br)C1. The summed E-state index contributed by atoms with van der Waals surface area (Å²) in [5.41, 5.74) is 2.83. The lowest BCUT2D eigenvalue weighted by atomic mass is 10.1. The number of nitrogens with one attached hydrogen (secondary N) is 1. The van der Waals surface area contributed by atoms with Crippen molar-refractivity contribution in [3.63, 3.8) is 0 Å². The van der Waals surface area contributed by atoms with Gasteiger partial charge in [0.2, 0.25) is 0 Å². The van der Waals surface area contributed by atoms with E-state index in [-0.39, 0.29) is 5.54 Å². The fourth-order valence-electron chi connectivity index (χ4n) is 2.44. The normalized spacial score (nSPS) is 20.1. The lowest BCUT2D eigenvalue weighted by Gasteiger charge is -2.23. The molecule has 1 N–H and O–H groups in total. The van der Waals surface area contributed by atoms with E-state index in [0.29, 0.717) is 0 Å². The van der Waals surface area contributed by atoms with E-state index in [0.717, 1.165) is 12.5 Å². The first kappa shape index (κ1) is 14.9. The van der Waals surface area contributed by atoms with E-state index in [4.69, 9.17) is 0 Å². The Kier molecular flexibility index (Phi) is 4.57. The number of anilines is 1. The molecule has 1 fully saturated rings. The van der Waals surface area contributed by atoms with Crippen molar-refractivity contribution in [2.75, 3.05) is 18.0 Å². The molecule has 1 unspecified atom stereocenters. The molecule has 2 nitrogen and oxygen atoms in total. The Morgan fingerprint density at radius 3 is 2.63 bits per heavy atom. The molecule has 0 amide bonds. The van der Waals surface area contributed by atoms with E-state index >= 15 is 0 Å². The molecule has 106 valence electrons. The van der Waals surface area contributed by atoms with Gasteiger partial charge in [-0.2, -0.15) is 0 Å². The zero-order valence-corrected chi connectivity index (χ0v) is 14.0. The molecule has 0 aromatic heterocycles. The second-order valence-corrected chi connectivity index (χ2v) is 7.58. The van der Waals surface area contributed by atoms with Gasteiger partial charge >= 0.3 is 0 Å². The van der Waals surface area contributed by atoms with Gasteiger partial charge in [0.25, 0.3) is 0 Å². The van der Waals surface area contributed by atoms with E-state index in [1.165, 1.54) is 35.2 Å². The van der Waals surface area contributed by atoms with Crippen molar-refractivity contribution in [2.45, 2.75) is 46.2 Å². The fraction of sp³-hybridized carbons (Fsp3) is 0.625. The number of rotatable bonds is 3. The monoisotopic (exact) mass is 324 g/mol. The summed E-state index contributed by atoms with van der Waals surface area (Å²) in [4.78, 5) is 2.48. The molecule has 1 heterocycles. The van der Waals surface area contributed by atoms with Crippen LogP contribution in [-0.4, -0.2) is 18.6 Å². The average molecular weight is 325 g/mol. The van der Waals surface area contributed by atoms with Crippen molar-refractivity contribution < 1.29 is 0 Å². The molecule has 19 heavy (non-hydrogen) atoms. The highest BCUT2D eigenvalue weighted by atomic mass is 79.9. The molecule has 0 spiro atoms. The topological polar surface area (TPSA) is 15.3 Å². The van der Waals surface area contributed by atoms with Gasteiger partial charge in [0.1, 0.15) is 0 Å². The van der Waals surface area contributed by atoms with Crippen molar-refractivity contribution in [1.29, 1.82) is 0 Å². The Balaban J connectivity index is 2.05. The quantitative estimate of drug-likeness (QED) is 0.897. The first-order valence-corrected chi connectivity index (χ1v) is 7.93. The first-order chi connectivity index (χ1) is 8.85. The minimum Gasteiger partial charge on any atom is -0.370 e. The summed E-state index contributed by atoms with van der Waals surface area (Å²) >= 11 is 3.73. The number of hydrogen-bond donors (Lipinski definition) is 1. The molecule has 1 saturated heterocycles. The van der Waals surface area contributed by atoms with E-state index in [9.17, 15) is 0 Å². The van der Waals surface area contributed by atoms with E-state index in [2.05, 4.69) is 72.0 Å². The Hall–Kier alpha value is -0.540. The van der Waals surface area contributed by atoms with Gasteiger partial charge in [0.15, 0.2) is 0 Å². The predicted molar refractivity (Wildman–Crippen MR) is 86.7 cm³/mol. The maximum absolute atomic E-state index is 3.73. The van der Waals surface area contributed by atoms with Gasteiger partial charge in [0, 0.05) is 29.6 Å². The van der Waals surface area contributed by atoms with Crippen molar-refractivity contribution in [2.24, 2.45) is 5.92 Å². The van der Waals surface area contributed by atoms with Crippen LogP contribution in [0.15, 0.2) is 22.7 Å².